The molecule has 1 atom stereocenters. The third kappa shape index (κ3) is 4.04. The Hall–Kier alpha value is -2.47. The summed E-state index contributed by atoms with van der Waals surface area (Å²) in [6.07, 6.45) is 0. The highest BCUT2D eigenvalue weighted by molar-refractivity contribution is 5.94. The smallest absolute Gasteiger partial charge is 0.321 e. The number of aliphatic hydroxyl groups is 1. The average molecular weight is 320 g/mol. The molecule has 0 spiro atoms. The van der Waals surface area contributed by atoms with Crippen LogP contribution >= 0.6 is 0 Å². The van der Waals surface area contributed by atoms with E-state index in [-0.39, 0.29) is 12.6 Å². The van der Waals surface area contributed by atoms with Crippen LogP contribution in [0.1, 0.15) is 6.92 Å². The number of anilines is 1. The van der Waals surface area contributed by atoms with Crippen LogP contribution in [0.2, 0.25) is 0 Å². The van der Waals surface area contributed by atoms with Gasteiger partial charge in [0.2, 0.25) is 0 Å². The molecule has 0 saturated heterocycles. The summed E-state index contributed by atoms with van der Waals surface area (Å²) in [4.78, 5) is 13.5. The van der Waals surface area contributed by atoms with Gasteiger partial charge in [0.25, 0.3) is 0 Å². The molecule has 0 fully saturated rings. The van der Waals surface area contributed by atoms with Crippen LogP contribution in [0.25, 0.3) is 11.1 Å². The van der Waals surface area contributed by atoms with Crippen LogP contribution in [0.4, 0.5) is 19.3 Å². The minimum absolute atomic E-state index is 0.168. The SMILES string of the molecule is CC(CO)N(C)C(=O)Nc1ccc(F)cc1-c1ccc(F)cc1. The Labute approximate surface area is 133 Å². The Morgan fingerprint density at radius 1 is 1.17 bits per heavy atom. The van der Waals surface area contributed by atoms with E-state index in [1.54, 1.807) is 14.0 Å². The van der Waals surface area contributed by atoms with Crippen LogP contribution in [0.15, 0.2) is 42.5 Å². The van der Waals surface area contributed by atoms with Crippen molar-refractivity contribution < 1.29 is 18.7 Å². The molecule has 0 aliphatic heterocycles. The highest BCUT2D eigenvalue weighted by Gasteiger charge is 2.17. The fourth-order valence-corrected chi connectivity index (χ4v) is 2.02. The molecule has 0 heterocycles. The zero-order valence-electron chi connectivity index (χ0n) is 12.9. The van der Waals surface area contributed by atoms with Crippen LogP contribution in [0.3, 0.4) is 0 Å². The number of carbonyl (C=O) groups is 1. The number of nitrogens with zero attached hydrogens (tertiary/aromatic N) is 1. The minimum atomic E-state index is -0.459. The van der Waals surface area contributed by atoms with E-state index >= 15 is 0 Å². The number of benzene rings is 2. The second kappa shape index (κ2) is 7.19. The molecule has 0 aliphatic carbocycles. The van der Waals surface area contributed by atoms with Gasteiger partial charge < -0.3 is 15.3 Å². The quantitative estimate of drug-likeness (QED) is 0.906. The summed E-state index contributed by atoms with van der Waals surface area (Å²) in [5, 5.41) is 11.8. The third-order valence-electron chi connectivity index (χ3n) is 3.62. The molecular weight excluding hydrogens is 302 g/mol. The zero-order chi connectivity index (χ0) is 17.0. The predicted molar refractivity (Wildman–Crippen MR) is 85.1 cm³/mol. The zero-order valence-corrected chi connectivity index (χ0v) is 12.9. The van der Waals surface area contributed by atoms with Crippen LogP contribution < -0.4 is 5.32 Å². The van der Waals surface area contributed by atoms with Gasteiger partial charge in [0.1, 0.15) is 11.6 Å². The maximum atomic E-state index is 13.6. The van der Waals surface area contributed by atoms with Crippen molar-refractivity contribution in [1.82, 2.24) is 4.90 Å². The maximum Gasteiger partial charge on any atom is 0.321 e. The van der Waals surface area contributed by atoms with Gasteiger partial charge in [-0.3, -0.25) is 0 Å². The molecule has 0 radical (unpaired) electrons. The molecule has 2 aromatic carbocycles. The summed E-state index contributed by atoms with van der Waals surface area (Å²) in [5.74, 6) is -0.855. The molecule has 0 saturated carbocycles. The first-order valence-corrected chi connectivity index (χ1v) is 7.12. The molecule has 2 amide bonds. The van der Waals surface area contributed by atoms with E-state index in [4.69, 9.17) is 5.11 Å². The first-order valence-electron chi connectivity index (χ1n) is 7.12. The van der Waals surface area contributed by atoms with E-state index in [0.29, 0.717) is 16.8 Å². The lowest BCUT2D eigenvalue weighted by molar-refractivity contribution is 0.166. The van der Waals surface area contributed by atoms with Crippen LogP contribution in [-0.4, -0.2) is 35.7 Å². The molecule has 2 N–H and O–H groups in total. The molecule has 2 rings (SSSR count). The molecule has 4 nitrogen and oxygen atoms in total. The Kier molecular flexibility index (Phi) is 5.28. The number of aliphatic hydroxyl groups excluding tert-OH is 1. The van der Waals surface area contributed by atoms with Crippen LogP contribution in [0.5, 0.6) is 0 Å². The average Bonchev–Trinajstić information content (AvgIpc) is 2.55. The summed E-state index contributed by atoms with van der Waals surface area (Å²) in [5.41, 5.74) is 1.43. The monoisotopic (exact) mass is 320 g/mol. The van der Waals surface area contributed by atoms with E-state index in [0.717, 1.165) is 0 Å². The molecule has 6 heteroatoms. The molecule has 122 valence electrons. The molecule has 2 aromatic rings. The largest absolute Gasteiger partial charge is 0.394 e. The maximum absolute atomic E-state index is 13.6. The number of rotatable bonds is 4. The van der Waals surface area contributed by atoms with E-state index in [2.05, 4.69) is 5.32 Å². The number of nitrogens with one attached hydrogen (secondary N) is 1. The highest BCUT2D eigenvalue weighted by Crippen LogP contribution is 2.29. The number of hydrogen-bond donors (Lipinski definition) is 2. The van der Waals surface area contributed by atoms with E-state index in [1.165, 1.54) is 47.4 Å². The molecule has 0 aliphatic rings. The standard InChI is InChI=1S/C17H18F2N2O2/c1-11(10-22)21(2)17(23)20-16-8-7-14(19)9-15(16)12-3-5-13(18)6-4-12/h3-9,11,22H,10H2,1-2H3,(H,20,23). The van der Waals surface area contributed by atoms with Crippen molar-refractivity contribution in [2.75, 3.05) is 19.0 Å². The molecule has 0 bridgehead atoms. The van der Waals surface area contributed by atoms with Gasteiger partial charge >= 0.3 is 6.03 Å². The molecule has 1 unspecified atom stereocenters. The topological polar surface area (TPSA) is 52.6 Å². The number of halogens is 2. The number of hydrogen-bond acceptors (Lipinski definition) is 2. The van der Waals surface area contributed by atoms with Crippen molar-refractivity contribution >= 4 is 11.7 Å². The summed E-state index contributed by atoms with van der Waals surface area (Å²) < 4.78 is 26.6. The minimum Gasteiger partial charge on any atom is -0.394 e. The summed E-state index contributed by atoms with van der Waals surface area (Å²) in [6.45, 7) is 1.53. The van der Waals surface area contributed by atoms with Crippen molar-refractivity contribution in [2.45, 2.75) is 13.0 Å². The molecular formula is C17H18F2N2O2. The van der Waals surface area contributed by atoms with Gasteiger partial charge in [-0.25, -0.2) is 13.6 Å². The Morgan fingerprint density at radius 3 is 2.39 bits per heavy atom. The van der Waals surface area contributed by atoms with E-state index in [9.17, 15) is 13.6 Å². The number of carbonyl (C=O) groups excluding carboxylic acids is 1. The first kappa shape index (κ1) is 16.9. The highest BCUT2D eigenvalue weighted by atomic mass is 19.1. The normalized spacial score (nSPS) is 11.9. The van der Waals surface area contributed by atoms with E-state index < -0.39 is 17.7 Å². The second-order valence-corrected chi connectivity index (χ2v) is 5.27. The van der Waals surface area contributed by atoms with Gasteiger partial charge in [-0.05, 0) is 42.8 Å². The fraction of sp³-hybridized carbons (Fsp3) is 0.235. The van der Waals surface area contributed by atoms with Gasteiger partial charge in [0.05, 0.1) is 18.3 Å². The van der Waals surface area contributed by atoms with Crippen molar-refractivity contribution in [3.05, 3.63) is 54.1 Å². The van der Waals surface area contributed by atoms with Gasteiger partial charge in [-0.15, -0.1) is 0 Å². The summed E-state index contributed by atoms with van der Waals surface area (Å²) in [7, 11) is 1.55. The summed E-state index contributed by atoms with van der Waals surface area (Å²) >= 11 is 0. The predicted octanol–water partition coefficient (Wildman–Crippen LogP) is 3.48. The van der Waals surface area contributed by atoms with Crippen LogP contribution in [-0.2, 0) is 0 Å². The van der Waals surface area contributed by atoms with Crippen molar-refractivity contribution in [3.8, 4) is 11.1 Å². The Morgan fingerprint density at radius 2 is 1.78 bits per heavy atom. The lowest BCUT2D eigenvalue weighted by Gasteiger charge is -2.24. The lowest BCUT2D eigenvalue weighted by atomic mass is 10.0. The van der Waals surface area contributed by atoms with E-state index in [1.807, 2.05) is 0 Å². The van der Waals surface area contributed by atoms with Gasteiger partial charge in [-0.2, -0.15) is 0 Å². The lowest BCUT2D eigenvalue weighted by Crippen LogP contribution is -2.40. The fourth-order valence-electron chi connectivity index (χ4n) is 2.02. The Bertz CT molecular complexity index is 689. The van der Waals surface area contributed by atoms with Crippen molar-refractivity contribution in [2.24, 2.45) is 0 Å². The number of urea groups is 1. The van der Waals surface area contributed by atoms with Gasteiger partial charge in [0, 0.05) is 12.6 Å². The van der Waals surface area contributed by atoms with Crippen molar-refractivity contribution in [3.63, 3.8) is 0 Å². The molecule has 0 aromatic heterocycles. The van der Waals surface area contributed by atoms with Gasteiger partial charge in [-0.1, -0.05) is 12.1 Å². The first-order chi connectivity index (χ1) is 10.9. The molecule has 23 heavy (non-hydrogen) atoms. The van der Waals surface area contributed by atoms with Crippen molar-refractivity contribution in [1.29, 1.82) is 0 Å². The summed E-state index contributed by atoms with van der Waals surface area (Å²) in [6, 6.07) is 8.74. The number of amides is 2. The second-order valence-electron chi connectivity index (χ2n) is 5.27. The Balaban J connectivity index is 2.32. The number of likely N-dealkylation sites (N-methyl/N-ethyl adjacent to an activating group) is 1. The third-order valence-corrected chi connectivity index (χ3v) is 3.62. The van der Waals surface area contributed by atoms with Crippen LogP contribution in [0, 0.1) is 11.6 Å². The van der Waals surface area contributed by atoms with Gasteiger partial charge in [0.15, 0.2) is 0 Å².